The Morgan fingerprint density at radius 3 is 2.90 bits per heavy atom. The van der Waals surface area contributed by atoms with Gasteiger partial charge in [0.15, 0.2) is 5.13 Å². The molecule has 2 amide bonds. The highest BCUT2D eigenvalue weighted by atomic mass is 32.1. The molecule has 0 aliphatic heterocycles. The highest BCUT2D eigenvalue weighted by Crippen LogP contribution is 2.26. The third kappa shape index (κ3) is 4.75. The Labute approximate surface area is 128 Å². The molecule has 0 saturated heterocycles. The Balaban J connectivity index is 2.00. The number of nitrogens with one attached hydrogen (secondary N) is 2. The van der Waals surface area contributed by atoms with E-state index in [4.69, 9.17) is 4.74 Å². The van der Waals surface area contributed by atoms with E-state index < -0.39 is 0 Å². The van der Waals surface area contributed by atoms with Gasteiger partial charge in [-0.15, -0.1) is 11.3 Å². The maximum absolute atomic E-state index is 11.9. The van der Waals surface area contributed by atoms with E-state index in [9.17, 15) is 4.79 Å². The quantitative estimate of drug-likeness (QED) is 0.833. The summed E-state index contributed by atoms with van der Waals surface area (Å²) < 4.78 is 5.87. The third-order valence-corrected chi connectivity index (χ3v) is 3.50. The van der Waals surface area contributed by atoms with E-state index in [2.05, 4.69) is 22.5 Å². The smallest absolute Gasteiger partial charge is 0.325 e. The average molecular weight is 305 g/mol. The Kier molecular flexibility index (Phi) is 5.57. The van der Waals surface area contributed by atoms with Gasteiger partial charge in [-0.3, -0.25) is 5.32 Å². The molecule has 0 bridgehead atoms. The minimum Gasteiger partial charge on any atom is -0.489 e. The first-order chi connectivity index (χ1) is 10.2. The lowest BCUT2D eigenvalue weighted by Gasteiger charge is -2.17. The van der Waals surface area contributed by atoms with Crippen molar-refractivity contribution >= 4 is 28.2 Å². The molecule has 0 aliphatic rings. The molecule has 0 spiro atoms. The van der Waals surface area contributed by atoms with Gasteiger partial charge in [0, 0.05) is 11.6 Å². The molecule has 6 heteroatoms. The number of aromatic nitrogens is 1. The number of urea groups is 1. The van der Waals surface area contributed by atoms with Crippen molar-refractivity contribution in [2.75, 3.05) is 10.6 Å². The molecule has 1 unspecified atom stereocenters. The third-order valence-electron chi connectivity index (χ3n) is 2.81. The Morgan fingerprint density at radius 2 is 2.19 bits per heavy atom. The first-order valence-corrected chi connectivity index (χ1v) is 7.80. The van der Waals surface area contributed by atoms with Crippen molar-refractivity contribution in [1.29, 1.82) is 0 Å². The number of amides is 2. The minimum atomic E-state index is -0.329. The van der Waals surface area contributed by atoms with Crippen LogP contribution in [0.5, 0.6) is 5.75 Å². The molecule has 112 valence electrons. The summed E-state index contributed by atoms with van der Waals surface area (Å²) in [7, 11) is 0. The van der Waals surface area contributed by atoms with Crippen molar-refractivity contribution in [3.8, 4) is 5.75 Å². The summed E-state index contributed by atoms with van der Waals surface area (Å²) in [6.45, 7) is 4.14. The van der Waals surface area contributed by atoms with Gasteiger partial charge < -0.3 is 10.1 Å². The van der Waals surface area contributed by atoms with Crippen molar-refractivity contribution in [2.24, 2.45) is 0 Å². The maximum atomic E-state index is 11.9. The van der Waals surface area contributed by atoms with Gasteiger partial charge in [0.1, 0.15) is 5.75 Å². The minimum absolute atomic E-state index is 0.111. The van der Waals surface area contributed by atoms with Crippen LogP contribution in [0.2, 0.25) is 0 Å². The van der Waals surface area contributed by atoms with E-state index in [-0.39, 0.29) is 12.1 Å². The highest BCUT2D eigenvalue weighted by Gasteiger charge is 2.10. The van der Waals surface area contributed by atoms with Gasteiger partial charge in [-0.1, -0.05) is 25.5 Å². The summed E-state index contributed by atoms with van der Waals surface area (Å²) in [6, 6.07) is 7.08. The molecule has 2 rings (SSSR count). The van der Waals surface area contributed by atoms with Crippen LogP contribution in [0.4, 0.5) is 15.6 Å². The summed E-state index contributed by atoms with van der Waals surface area (Å²) in [5, 5.41) is 7.83. The van der Waals surface area contributed by atoms with Crippen LogP contribution in [0.15, 0.2) is 35.8 Å². The summed E-state index contributed by atoms with van der Waals surface area (Å²) >= 11 is 1.37. The fourth-order valence-corrected chi connectivity index (χ4v) is 2.41. The first-order valence-electron chi connectivity index (χ1n) is 6.92. The van der Waals surface area contributed by atoms with Gasteiger partial charge in [-0.05, 0) is 25.5 Å². The van der Waals surface area contributed by atoms with E-state index in [1.54, 1.807) is 11.6 Å². The van der Waals surface area contributed by atoms with Gasteiger partial charge >= 0.3 is 6.03 Å². The molecule has 21 heavy (non-hydrogen) atoms. The molecule has 0 aliphatic carbocycles. The number of hydrogen-bond acceptors (Lipinski definition) is 4. The SMILES string of the molecule is CCCC(C)Oc1ccccc1NC(=O)Nc1nccs1. The van der Waals surface area contributed by atoms with Crippen molar-refractivity contribution in [3.63, 3.8) is 0 Å². The molecular weight excluding hydrogens is 286 g/mol. The predicted octanol–water partition coefficient (Wildman–Crippen LogP) is 4.35. The first kappa shape index (κ1) is 15.3. The molecule has 1 atom stereocenters. The van der Waals surface area contributed by atoms with E-state index in [0.717, 1.165) is 12.8 Å². The van der Waals surface area contributed by atoms with Gasteiger partial charge in [-0.25, -0.2) is 9.78 Å². The van der Waals surface area contributed by atoms with E-state index >= 15 is 0 Å². The molecule has 2 aromatic rings. The van der Waals surface area contributed by atoms with Crippen LogP contribution < -0.4 is 15.4 Å². The normalized spacial score (nSPS) is 11.7. The van der Waals surface area contributed by atoms with Gasteiger partial charge in [0.05, 0.1) is 11.8 Å². The maximum Gasteiger partial charge on any atom is 0.325 e. The Hall–Kier alpha value is -2.08. The zero-order valence-corrected chi connectivity index (χ0v) is 12.9. The lowest BCUT2D eigenvalue weighted by Crippen LogP contribution is -2.20. The van der Waals surface area contributed by atoms with E-state index in [1.165, 1.54) is 11.3 Å². The summed E-state index contributed by atoms with van der Waals surface area (Å²) in [4.78, 5) is 15.9. The fourth-order valence-electron chi connectivity index (χ4n) is 1.89. The topological polar surface area (TPSA) is 63.2 Å². The van der Waals surface area contributed by atoms with Crippen LogP contribution >= 0.6 is 11.3 Å². The van der Waals surface area contributed by atoms with Crippen LogP contribution in [-0.4, -0.2) is 17.1 Å². The molecule has 2 N–H and O–H groups in total. The van der Waals surface area contributed by atoms with Crippen LogP contribution in [0, 0.1) is 0 Å². The standard InChI is InChI=1S/C15H19N3O2S/c1-3-6-11(2)20-13-8-5-4-7-12(13)17-14(19)18-15-16-9-10-21-15/h4-5,7-11H,3,6H2,1-2H3,(H2,16,17,18,19). The summed E-state index contributed by atoms with van der Waals surface area (Å²) in [5.74, 6) is 0.674. The number of para-hydroxylation sites is 2. The number of nitrogens with zero attached hydrogens (tertiary/aromatic N) is 1. The number of thiazole rings is 1. The second-order valence-corrected chi connectivity index (χ2v) is 5.52. The van der Waals surface area contributed by atoms with Gasteiger partial charge in [-0.2, -0.15) is 0 Å². The van der Waals surface area contributed by atoms with Crippen molar-refractivity contribution < 1.29 is 9.53 Å². The monoisotopic (exact) mass is 305 g/mol. The van der Waals surface area contributed by atoms with E-state index in [0.29, 0.717) is 16.6 Å². The number of anilines is 2. The molecule has 0 saturated carbocycles. The van der Waals surface area contributed by atoms with Crippen LogP contribution in [0.1, 0.15) is 26.7 Å². The van der Waals surface area contributed by atoms with Gasteiger partial charge in [0.25, 0.3) is 0 Å². The number of ether oxygens (including phenoxy) is 1. The molecule has 5 nitrogen and oxygen atoms in total. The lowest BCUT2D eigenvalue weighted by atomic mass is 10.2. The molecule has 0 radical (unpaired) electrons. The second-order valence-electron chi connectivity index (χ2n) is 4.63. The number of carbonyl (C=O) groups is 1. The van der Waals surface area contributed by atoms with Crippen molar-refractivity contribution in [2.45, 2.75) is 32.8 Å². The number of rotatable bonds is 6. The Bertz CT molecular complexity index is 572. The second kappa shape index (κ2) is 7.64. The molecule has 1 aromatic heterocycles. The number of carbonyl (C=O) groups excluding carboxylic acids is 1. The molecule has 0 fully saturated rings. The number of hydrogen-bond donors (Lipinski definition) is 2. The van der Waals surface area contributed by atoms with Gasteiger partial charge in [0.2, 0.25) is 0 Å². The summed E-state index contributed by atoms with van der Waals surface area (Å²) in [6.07, 6.45) is 3.78. The molecule has 1 aromatic carbocycles. The van der Waals surface area contributed by atoms with Crippen LogP contribution in [0.25, 0.3) is 0 Å². The average Bonchev–Trinajstić information content (AvgIpc) is 2.94. The van der Waals surface area contributed by atoms with Crippen molar-refractivity contribution in [3.05, 3.63) is 35.8 Å². The van der Waals surface area contributed by atoms with E-state index in [1.807, 2.05) is 31.2 Å². The molecular formula is C15H19N3O2S. The zero-order valence-electron chi connectivity index (χ0n) is 12.1. The zero-order chi connectivity index (χ0) is 15.1. The summed E-state index contributed by atoms with van der Waals surface area (Å²) in [5.41, 5.74) is 0.648. The molecule has 1 heterocycles. The van der Waals surface area contributed by atoms with Crippen molar-refractivity contribution in [1.82, 2.24) is 4.98 Å². The lowest BCUT2D eigenvalue weighted by molar-refractivity contribution is 0.211. The fraction of sp³-hybridized carbons (Fsp3) is 0.333. The largest absolute Gasteiger partial charge is 0.489 e. The van der Waals surface area contributed by atoms with Crippen LogP contribution in [0.3, 0.4) is 0 Å². The van der Waals surface area contributed by atoms with Crippen LogP contribution in [-0.2, 0) is 0 Å². The Morgan fingerprint density at radius 1 is 1.38 bits per heavy atom. The highest BCUT2D eigenvalue weighted by molar-refractivity contribution is 7.13. The number of benzene rings is 1. The predicted molar refractivity (Wildman–Crippen MR) is 86.2 cm³/mol.